The molecule has 0 aliphatic heterocycles. The zero-order valence-corrected chi connectivity index (χ0v) is 13.5. The molecule has 0 radical (unpaired) electrons. The molecule has 0 aliphatic rings. The summed E-state index contributed by atoms with van der Waals surface area (Å²) in [5, 5.41) is 3.50. The van der Waals surface area contributed by atoms with E-state index < -0.39 is 17.4 Å². The van der Waals surface area contributed by atoms with Gasteiger partial charge in [0.15, 0.2) is 23.1 Å². The molecule has 5 nitrogen and oxygen atoms in total. The maximum absolute atomic E-state index is 14.3. The Morgan fingerprint density at radius 3 is 2.56 bits per heavy atom. The van der Waals surface area contributed by atoms with E-state index in [-0.39, 0.29) is 6.61 Å². The van der Waals surface area contributed by atoms with Gasteiger partial charge < -0.3 is 14.0 Å². The molecule has 25 heavy (non-hydrogen) atoms. The van der Waals surface area contributed by atoms with E-state index in [4.69, 9.17) is 14.0 Å². The molecule has 0 bridgehead atoms. The SMILES string of the molecule is CCCOc1cccc(-c2cc(F)c(OCc3ccno3)c(F)c2)n1. The van der Waals surface area contributed by atoms with Crippen molar-refractivity contribution in [3.63, 3.8) is 0 Å². The van der Waals surface area contributed by atoms with Crippen molar-refractivity contribution in [1.82, 2.24) is 10.1 Å². The van der Waals surface area contributed by atoms with Gasteiger partial charge in [-0.05, 0) is 24.6 Å². The summed E-state index contributed by atoms with van der Waals surface area (Å²) in [5.41, 5.74) is 0.706. The Kier molecular flexibility index (Phi) is 5.23. The van der Waals surface area contributed by atoms with Crippen molar-refractivity contribution in [2.24, 2.45) is 0 Å². The lowest BCUT2D eigenvalue weighted by atomic mass is 10.1. The molecule has 3 aromatic rings. The van der Waals surface area contributed by atoms with Crippen molar-refractivity contribution in [2.45, 2.75) is 20.0 Å². The van der Waals surface area contributed by atoms with Gasteiger partial charge in [-0.1, -0.05) is 18.1 Å². The third-order valence-corrected chi connectivity index (χ3v) is 3.32. The van der Waals surface area contributed by atoms with E-state index in [0.717, 1.165) is 6.42 Å². The van der Waals surface area contributed by atoms with Crippen molar-refractivity contribution < 1.29 is 22.8 Å². The maximum atomic E-state index is 14.3. The summed E-state index contributed by atoms with van der Waals surface area (Å²) in [6.07, 6.45) is 2.26. The topological polar surface area (TPSA) is 57.4 Å². The second kappa shape index (κ2) is 7.74. The first-order valence-corrected chi connectivity index (χ1v) is 7.79. The minimum absolute atomic E-state index is 0.119. The van der Waals surface area contributed by atoms with E-state index in [1.165, 1.54) is 18.3 Å². The number of halogens is 2. The maximum Gasteiger partial charge on any atom is 0.213 e. The summed E-state index contributed by atoms with van der Waals surface area (Å²) in [7, 11) is 0. The average Bonchev–Trinajstić information content (AvgIpc) is 3.13. The minimum atomic E-state index is -0.823. The van der Waals surface area contributed by atoms with Crippen LogP contribution in [0.2, 0.25) is 0 Å². The van der Waals surface area contributed by atoms with Crippen LogP contribution in [0.25, 0.3) is 11.3 Å². The molecule has 0 amide bonds. The lowest BCUT2D eigenvalue weighted by Crippen LogP contribution is -2.01. The molecule has 2 aromatic heterocycles. The number of ether oxygens (including phenoxy) is 2. The summed E-state index contributed by atoms with van der Waals surface area (Å²) in [6, 6.07) is 8.96. The average molecular weight is 346 g/mol. The van der Waals surface area contributed by atoms with Crippen LogP contribution in [0.5, 0.6) is 11.6 Å². The molecule has 130 valence electrons. The lowest BCUT2D eigenvalue weighted by Gasteiger charge is -2.10. The predicted molar refractivity (Wildman–Crippen MR) is 86.2 cm³/mol. The summed E-state index contributed by atoms with van der Waals surface area (Å²) < 4.78 is 43.9. The third-order valence-electron chi connectivity index (χ3n) is 3.32. The first-order valence-electron chi connectivity index (χ1n) is 7.79. The fourth-order valence-corrected chi connectivity index (χ4v) is 2.17. The molecular weight excluding hydrogens is 330 g/mol. The number of nitrogens with zero attached hydrogens (tertiary/aromatic N) is 2. The van der Waals surface area contributed by atoms with Crippen LogP contribution in [-0.2, 0) is 6.61 Å². The largest absolute Gasteiger partial charge is 0.479 e. The standard InChI is InChI=1S/C18H16F2N2O3/c1-2-8-23-17-5-3-4-16(22-17)12-9-14(19)18(15(20)10-12)24-11-13-6-7-21-25-13/h3-7,9-10H,2,8,11H2,1H3. The Labute approximate surface area is 143 Å². The Morgan fingerprint density at radius 1 is 1.08 bits per heavy atom. The van der Waals surface area contributed by atoms with E-state index in [9.17, 15) is 8.78 Å². The molecule has 0 N–H and O–H groups in total. The minimum Gasteiger partial charge on any atom is -0.479 e. The highest BCUT2D eigenvalue weighted by atomic mass is 19.1. The quantitative estimate of drug-likeness (QED) is 0.635. The molecule has 7 heteroatoms. The lowest BCUT2D eigenvalue weighted by molar-refractivity contribution is 0.230. The molecule has 0 saturated carbocycles. The van der Waals surface area contributed by atoms with Crippen LogP contribution in [0.1, 0.15) is 19.1 Å². The molecule has 0 aliphatic carbocycles. The second-order valence-electron chi connectivity index (χ2n) is 5.25. The summed E-state index contributed by atoms with van der Waals surface area (Å²) in [4.78, 5) is 4.26. The molecule has 0 saturated heterocycles. The first-order chi connectivity index (χ1) is 12.2. The fraction of sp³-hybridized carbons (Fsp3) is 0.222. The monoisotopic (exact) mass is 346 g/mol. The van der Waals surface area contributed by atoms with Crippen molar-refractivity contribution in [2.75, 3.05) is 6.61 Å². The fourth-order valence-electron chi connectivity index (χ4n) is 2.17. The molecule has 0 spiro atoms. The Hall–Kier alpha value is -2.96. The van der Waals surface area contributed by atoms with E-state index in [0.29, 0.717) is 29.5 Å². The van der Waals surface area contributed by atoms with Crippen LogP contribution in [-0.4, -0.2) is 16.7 Å². The van der Waals surface area contributed by atoms with Crippen molar-refractivity contribution >= 4 is 0 Å². The number of rotatable bonds is 7. The highest BCUT2D eigenvalue weighted by molar-refractivity contribution is 5.61. The van der Waals surface area contributed by atoms with Crippen LogP contribution in [0, 0.1) is 11.6 Å². The van der Waals surface area contributed by atoms with Crippen LogP contribution in [0.15, 0.2) is 47.1 Å². The highest BCUT2D eigenvalue weighted by Gasteiger charge is 2.15. The number of hydrogen-bond donors (Lipinski definition) is 0. The van der Waals surface area contributed by atoms with E-state index in [1.54, 1.807) is 24.3 Å². The van der Waals surface area contributed by atoms with Gasteiger partial charge in [-0.2, -0.15) is 0 Å². The summed E-state index contributed by atoms with van der Waals surface area (Å²) in [6.45, 7) is 2.38. The van der Waals surface area contributed by atoms with Crippen LogP contribution in [0.4, 0.5) is 8.78 Å². The van der Waals surface area contributed by atoms with Gasteiger partial charge in [-0.15, -0.1) is 0 Å². The number of aromatic nitrogens is 2. The third kappa shape index (κ3) is 4.12. The van der Waals surface area contributed by atoms with Gasteiger partial charge in [0.1, 0.15) is 6.61 Å². The van der Waals surface area contributed by atoms with Crippen molar-refractivity contribution in [1.29, 1.82) is 0 Å². The Morgan fingerprint density at radius 2 is 1.88 bits per heavy atom. The van der Waals surface area contributed by atoms with Crippen molar-refractivity contribution in [3.05, 3.63) is 60.0 Å². The van der Waals surface area contributed by atoms with E-state index in [2.05, 4.69) is 10.1 Å². The van der Waals surface area contributed by atoms with Gasteiger partial charge in [0.25, 0.3) is 0 Å². The van der Waals surface area contributed by atoms with Crippen LogP contribution in [0.3, 0.4) is 0 Å². The molecule has 3 rings (SSSR count). The molecular formula is C18H16F2N2O3. The molecule has 0 fully saturated rings. The van der Waals surface area contributed by atoms with Gasteiger partial charge in [0, 0.05) is 17.7 Å². The van der Waals surface area contributed by atoms with Crippen LogP contribution < -0.4 is 9.47 Å². The van der Waals surface area contributed by atoms with Gasteiger partial charge >= 0.3 is 0 Å². The zero-order valence-electron chi connectivity index (χ0n) is 13.5. The number of pyridine rings is 1. The molecule has 1 aromatic carbocycles. The van der Waals surface area contributed by atoms with Gasteiger partial charge in [0.2, 0.25) is 5.88 Å². The Bertz CT molecular complexity index is 815. The molecule has 0 unspecified atom stereocenters. The van der Waals surface area contributed by atoms with Gasteiger partial charge in [-0.25, -0.2) is 13.8 Å². The summed E-state index contributed by atoms with van der Waals surface area (Å²) >= 11 is 0. The van der Waals surface area contributed by atoms with Gasteiger partial charge in [-0.3, -0.25) is 0 Å². The van der Waals surface area contributed by atoms with Gasteiger partial charge in [0.05, 0.1) is 18.5 Å². The van der Waals surface area contributed by atoms with E-state index >= 15 is 0 Å². The van der Waals surface area contributed by atoms with E-state index in [1.807, 2.05) is 6.92 Å². The highest BCUT2D eigenvalue weighted by Crippen LogP contribution is 2.29. The molecule has 0 atom stereocenters. The summed E-state index contributed by atoms with van der Waals surface area (Å²) in [5.74, 6) is -1.35. The number of hydrogen-bond acceptors (Lipinski definition) is 5. The number of benzene rings is 1. The Balaban J connectivity index is 1.81. The molecule has 2 heterocycles. The van der Waals surface area contributed by atoms with Crippen molar-refractivity contribution in [3.8, 4) is 22.9 Å². The second-order valence-corrected chi connectivity index (χ2v) is 5.25. The predicted octanol–water partition coefficient (Wildman–Crippen LogP) is 4.38. The smallest absolute Gasteiger partial charge is 0.213 e. The first kappa shape index (κ1) is 16.9. The zero-order chi connectivity index (χ0) is 17.6. The van der Waals surface area contributed by atoms with Crippen LogP contribution >= 0.6 is 0 Å². The normalized spacial score (nSPS) is 10.7.